The van der Waals surface area contributed by atoms with Gasteiger partial charge in [-0.15, -0.1) is 0 Å². The van der Waals surface area contributed by atoms with Gasteiger partial charge in [0.15, 0.2) is 0 Å². The molecule has 2 bridgehead atoms. The van der Waals surface area contributed by atoms with Gasteiger partial charge < -0.3 is 4.90 Å². The van der Waals surface area contributed by atoms with Crippen LogP contribution in [0.3, 0.4) is 0 Å². The number of benzene rings is 1. The van der Waals surface area contributed by atoms with Crippen LogP contribution in [0.2, 0.25) is 0 Å². The lowest BCUT2D eigenvalue weighted by Crippen LogP contribution is -2.44. The molecule has 0 aromatic heterocycles. The summed E-state index contributed by atoms with van der Waals surface area (Å²) in [5.41, 5.74) is 2.29. The minimum Gasteiger partial charge on any atom is -0.332 e. The normalized spacial score (nSPS) is 26.6. The number of nitrogens with zero attached hydrogens (tertiary/aromatic N) is 2. The van der Waals surface area contributed by atoms with Crippen LogP contribution < -0.4 is 0 Å². The van der Waals surface area contributed by atoms with E-state index in [0.717, 1.165) is 42.5 Å². The molecule has 23 heavy (non-hydrogen) atoms. The zero-order chi connectivity index (χ0) is 15.8. The molecule has 1 aromatic rings. The van der Waals surface area contributed by atoms with Crippen molar-refractivity contribution in [1.29, 1.82) is 0 Å². The first kappa shape index (κ1) is 15.4. The van der Waals surface area contributed by atoms with Crippen molar-refractivity contribution in [2.75, 3.05) is 19.6 Å². The minimum atomic E-state index is 0.287. The first-order valence-corrected chi connectivity index (χ1v) is 9.48. The molecule has 2 atom stereocenters. The van der Waals surface area contributed by atoms with E-state index in [2.05, 4.69) is 50.0 Å². The molecule has 1 saturated heterocycles. The van der Waals surface area contributed by atoms with E-state index < -0.39 is 0 Å². The van der Waals surface area contributed by atoms with Crippen LogP contribution in [0, 0.1) is 5.92 Å². The summed E-state index contributed by atoms with van der Waals surface area (Å²) in [5.74, 6) is 0.736. The summed E-state index contributed by atoms with van der Waals surface area (Å²) in [6, 6.07) is 8.69. The van der Waals surface area contributed by atoms with Crippen molar-refractivity contribution in [2.24, 2.45) is 5.92 Å². The third-order valence-electron chi connectivity index (χ3n) is 5.31. The molecule has 1 saturated carbocycles. The van der Waals surface area contributed by atoms with E-state index in [9.17, 15) is 4.79 Å². The summed E-state index contributed by atoms with van der Waals surface area (Å²) in [6.45, 7) is 3.94. The van der Waals surface area contributed by atoms with Crippen molar-refractivity contribution in [3.63, 3.8) is 0 Å². The Hall–Kier alpha value is -1.13. The fraction of sp³-hybridized carbons (Fsp3) is 0.526. The Morgan fingerprint density at radius 3 is 2.87 bits per heavy atom. The molecule has 122 valence electrons. The van der Waals surface area contributed by atoms with E-state index in [0.29, 0.717) is 12.0 Å². The SMILES string of the molecule is O=C(C1=CCN2CCCC1C2)N(Cc1ccccc1Br)C1CC1. The number of fused-ring (bicyclic) bond motifs is 2. The summed E-state index contributed by atoms with van der Waals surface area (Å²) in [5, 5.41) is 0. The van der Waals surface area contributed by atoms with Crippen molar-refractivity contribution in [3.8, 4) is 0 Å². The smallest absolute Gasteiger partial charge is 0.250 e. The van der Waals surface area contributed by atoms with Gasteiger partial charge in [0, 0.05) is 41.6 Å². The fourth-order valence-electron chi connectivity index (χ4n) is 3.86. The van der Waals surface area contributed by atoms with Gasteiger partial charge in [-0.3, -0.25) is 9.69 Å². The van der Waals surface area contributed by atoms with Gasteiger partial charge in [-0.1, -0.05) is 40.2 Å². The number of piperidine rings is 1. The predicted octanol–water partition coefficient (Wildman–Crippen LogP) is 3.59. The molecule has 4 heteroatoms. The molecule has 1 amide bonds. The second kappa shape index (κ2) is 6.40. The van der Waals surface area contributed by atoms with Gasteiger partial charge in [0.05, 0.1) is 0 Å². The third-order valence-corrected chi connectivity index (χ3v) is 6.08. The van der Waals surface area contributed by atoms with Crippen LogP contribution in [0.25, 0.3) is 0 Å². The number of halogens is 1. The van der Waals surface area contributed by atoms with Gasteiger partial charge in [-0.05, 0) is 43.9 Å². The second-order valence-corrected chi connectivity index (χ2v) is 7.87. The topological polar surface area (TPSA) is 23.6 Å². The molecule has 2 aliphatic heterocycles. The summed E-state index contributed by atoms with van der Waals surface area (Å²) >= 11 is 3.62. The molecule has 0 spiro atoms. The first-order chi connectivity index (χ1) is 11.2. The first-order valence-electron chi connectivity index (χ1n) is 8.69. The van der Waals surface area contributed by atoms with E-state index in [1.165, 1.54) is 24.9 Å². The molecular formula is C19H23BrN2O. The second-order valence-electron chi connectivity index (χ2n) is 7.01. The van der Waals surface area contributed by atoms with Crippen molar-refractivity contribution < 1.29 is 4.79 Å². The highest BCUT2D eigenvalue weighted by Gasteiger charge is 2.38. The molecule has 3 aliphatic rings. The standard InChI is InChI=1S/C19H23BrN2O/c20-18-6-2-1-4-15(18)13-22(16-7-8-16)19(23)17-9-11-21-10-3-5-14(17)12-21/h1-2,4,6,9,14,16H,3,5,7-8,10-13H2. The Bertz CT molecular complexity index is 638. The molecule has 1 aliphatic carbocycles. The summed E-state index contributed by atoms with van der Waals surface area (Å²) in [7, 11) is 0. The van der Waals surface area contributed by atoms with E-state index >= 15 is 0 Å². The van der Waals surface area contributed by atoms with Crippen molar-refractivity contribution >= 4 is 21.8 Å². The number of amides is 1. The maximum Gasteiger partial charge on any atom is 0.250 e. The quantitative estimate of drug-likeness (QED) is 0.803. The molecule has 2 heterocycles. The van der Waals surface area contributed by atoms with E-state index in [-0.39, 0.29) is 5.91 Å². The van der Waals surface area contributed by atoms with Crippen LogP contribution >= 0.6 is 15.9 Å². The monoisotopic (exact) mass is 374 g/mol. The van der Waals surface area contributed by atoms with Crippen LogP contribution in [-0.2, 0) is 11.3 Å². The molecule has 2 unspecified atom stereocenters. The molecule has 0 radical (unpaired) electrons. The number of rotatable bonds is 4. The van der Waals surface area contributed by atoms with E-state index in [1.807, 2.05) is 6.07 Å². The van der Waals surface area contributed by atoms with Gasteiger partial charge in [0.1, 0.15) is 0 Å². The molecule has 3 nitrogen and oxygen atoms in total. The number of hydrogen-bond donors (Lipinski definition) is 0. The van der Waals surface area contributed by atoms with Gasteiger partial charge in [0.25, 0.3) is 0 Å². The zero-order valence-electron chi connectivity index (χ0n) is 13.4. The highest BCUT2D eigenvalue weighted by atomic mass is 79.9. The Kier molecular flexibility index (Phi) is 4.29. The average Bonchev–Trinajstić information content (AvgIpc) is 3.39. The largest absolute Gasteiger partial charge is 0.332 e. The third kappa shape index (κ3) is 3.24. The molecule has 1 aromatic carbocycles. The van der Waals surface area contributed by atoms with Crippen LogP contribution in [0.15, 0.2) is 40.4 Å². The molecule has 0 N–H and O–H groups in total. The fourth-order valence-corrected chi connectivity index (χ4v) is 4.27. The minimum absolute atomic E-state index is 0.287. The zero-order valence-corrected chi connectivity index (χ0v) is 15.0. The Morgan fingerprint density at radius 1 is 1.26 bits per heavy atom. The van der Waals surface area contributed by atoms with E-state index in [1.54, 1.807) is 0 Å². The van der Waals surface area contributed by atoms with Gasteiger partial charge >= 0.3 is 0 Å². The lowest BCUT2D eigenvalue weighted by atomic mass is 9.86. The number of hydrogen-bond acceptors (Lipinski definition) is 2. The molecular weight excluding hydrogens is 352 g/mol. The summed E-state index contributed by atoms with van der Waals surface area (Å²) in [6.07, 6.45) is 6.90. The van der Waals surface area contributed by atoms with Crippen molar-refractivity contribution in [2.45, 2.75) is 38.3 Å². The van der Waals surface area contributed by atoms with Crippen LogP contribution in [0.1, 0.15) is 31.2 Å². The lowest BCUT2D eigenvalue weighted by Gasteiger charge is -2.38. The lowest BCUT2D eigenvalue weighted by molar-refractivity contribution is -0.129. The van der Waals surface area contributed by atoms with Crippen molar-refractivity contribution in [3.05, 3.63) is 46.0 Å². The maximum absolute atomic E-state index is 13.2. The summed E-state index contributed by atoms with van der Waals surface area (Å²) < 4.78 is 1.10. The Labute approximate surface area is 146 Å². The maximum atomic E-state index is 13.2. The van der Waals surface area contributed by atoms with Crippen LogP contribution in [0.5, 0.6) is 0 Å². The van der Waals surface area contributed by atoms with Gasteiger partial charge in [0.2, 0.25) is 5.91 Å². The van der Waals surface area contributed by atoms with Crippen molar-refractivity contribution in [1.82, 2.24) is 9.80 Å². The van der Waals surface area contributed by atoms with Crippen LogP contribution in [0.4, 0.5) is 0 Å². The summed E-state index contributed by atoms with van der Waals surface area (Å²) in [4.78, 5) is 17.8. The Morgan fingerprint density at radius 2 is 2.09 bits per heavy atom. The van der Waals surface area contributed by atoms with Gasteiger partial charge in [-0.2, -0.15) is 0 Å². The van der Waals surface area contributed by atoms with Crippen LogP contribution in [-0.4, -0.2) is 41.4 Å². The number of carbonyl (C=O) groups excluding carboxylic acids is 1. The highest BCUT2D eigenvalue weighted by Crippen LogP contribution is 2.35. The Balaban J connectivity index is 1.55. The van der Waals surface area contributed by atoms with E-state index in [4.69, 9.17) is 0 Å². The number of carbonyl (C=O) groups is 1. The van der Waals surface area contributed by atoms with Gasteiger partial charge in [-0.25, -0.2) is 0 Å². The predicted molar refractivity (Wildman–Crippen MR) is 95.0 cm³/mol. The molecule has 4 rings (SSSR count). The average molecular weight is 375 g/mol. The highest BCUT2D eigenvalue weighted by molar-refractivity contribution is 9.10. The molecule has 2 fully saturated rings.